The van der Waals surface area contributed by atoms with Gasteiger partial charge in [-0.3, -0.25) is 9.48 Å². The van der Waals surface area contributed by atoms with Crippen molar-refractivity contribution in [3.63, 3.8) is 0 Å². The number of rotatable bonds is 7. The van der Waals surface area contributed by atoms with Crippen LogP contribution in [0.1, 0.15) is 48.4 Å². The molecule has 0 spiro atoms. The first-order valence-electron chi connectivity index (χ1n) is 8.55. The van der Waals surface area contributed by atoms with Crippen molar-refractivity contribution in [1.82, 2.24) is 19.7 Å². The van der Waals surface area contributed by atoms with Crippen LogP contribution in [-0.4, -0.2) is 51.9 Å². The van der Waals surface area contributed by atoms with Crippen LogP contribution in [0.15, 0.2) is 6.07 Å². The minimum absolute atomic E-state index is 0.0346. The van der Waals surface area contributed by atoms with E-state index in [4.69, 9.17) is 4.74 Å². The molecule has 0 saturated heterocycles. The summed E-state index contributed by atoms with van der Waals surface area (Å²) in [7, 11) is 3.52. The molecule has 0 unspecified atom stereocenters. The predicted molar refractivity (Wildman–Crippen MR) is 95.3 cm³/mol. The molecule has 0 atom stereocenters. The average Bonchev–Trinajstić information content (AvgIpc) is 2.84. The van der Waals surface area contributed by atoms with Crippen LogP contribution in [0.3, 0.4) is 0 Å². The van der Waals surface area contributed by atoms with Crippen LogP contribution in [0.5, 0.6) is 0 Å². The summed E-state index contributed by atoms with van der Waals surface area (Å²) in [4.78, 5) is 19.8. The first-order chi connectivity index (χ1) is 11.4. The lowest BCUT2D eigenvalue weighted by Gasteiger charge is -2.30. The maximum absolute atomic E-state index is 13.3. The molecule has 0 aliphatic heterocycles. The summed E-state index contributed by atoms with van der Waals surface area (Å²) in [5.41, 5.74) is 3.10. The van der Waals surface area contributed by atoms with Crippen LogP contribution in [0.25, 0.3) is 11.0 Å². The van der Waals surface area contributed by atoms with Crippen molar-refractivity contribution in [2.75, 3.05) is 20.3 Å². The van der Waals surface area contributed by atoms with Gasteiger partial charge in [-0.15, -0.1) is 0 Å². The van der Waals surface area contributed by atoms with Gasteiger partial charge in [0.15, 0.2) is 5.65 Å². The lowest BCUT2D eigenvalue weighted by Crippen LogP contribution is -2.42. The molecule has 0 bridgehead atoms. The molecule has 0 radical (unpaired) electrons. The average molecular weight is 332 g/mol. The monoisotopic (exact) mass is 332 g/mol. The van der Waals surface area contributed by atoms with Crippen LogP contribution in [0, 0.1) is 13.8 Å². The maximum Gasteiger partial charge on any atom is 0.255 e. The first kappa shape index (κ1) is 18.4. The zero-order valence-electron chi connectivity index (χ0n) is 15.6. The third-order valence-electron chi connectivity index (χ3n) is 4.51. The van der Waals surface area contributed by atoms with Crippen molar-refractivity contribution < 1.29 is 9.53 Å². The third kappa shape index (κ3) is 3.43. The third-order valence-corrected chi connectivity index (χ3v) is 4.51. The summed E-state index contributed by atoms with van der Waals surface area (Å²) in [5.74, 6) is 0.0346. The molecule has 2 heterocycles. The van der Waals surface area contributed by atoms with E-state index in [-0.39, 0.29) is 11.9 Å². The number of ether oxygens (including phenoxy) is 1. The van der Waals surface area contributed by atoms with E-state index in [0.29, 0.717) is 18.7 Å². The summed E-state index contributed by atoms with van der Waals surface area (Å²) in [6, 6.07) is 2.08. The molecule has 24 heavy (non-hydrogen) atoms. The minimum atomic E-state index is 0.0346. The molecule has 0 fully saturated rings. The van der Waals surface area contributed by atoms with Crippen molar-refractivity contribution in [2.24, 2.45) is 7.05 Å². The quantitative estimate of drug-likeness (QED) is 0.782. The fraction of sp³-hybridized carbons (Fsp3) is 0.611. The van der Waals surface area contributed by atoms with Crippen LogP contribution >= 0.6 is 0 Å². The highest BCUT2D eigenvalue weighted by molar-refractivity contribution is 6.06. The Balaban J connectivity index is 2.55. The van der Waals surface area contributed by atoms with E-state index in [9.17, 15) is 4.79 Å². The second kappa shape index (κ2) is 7.75. The highest BCUT2D eigenvalue weighted by Gasteiger charge is 2.26. The van der Waals surface area contributed by atoms with E-state index in [0.717, 1.165) is 35.3 Å². The van der Waals surface area contributed by atoms with Crippen LogP contribution in [0.2, 0.25) is 0 Å². The Morgan fingerprint density at radius 3 is 2.58 bits per heavy atom. The normalized spacial score (nSPS) is 11.5. The Bertz CT molecular complexity index is 719. The van der Waals surface area contributed by atoms with Gasteiger partial charge < -0.3 is 9.64 Å². The number of hydrogen-bond donors (Lipinski definition) is 0. The van der Waals surface area contributed by atoms with Gasteiger partial charge in [-0.1, -0.05) is 13.8 Å². The molecule has 1 amide bonds. The Labute approximate surface area is 143 Å². The topological polar surface area (TPSA) is 60.2 Å². The van der Waals surface area contributed by atoms with Gasteiger partial charge in [0.25, 0.3) is 5.91 Å². The Hall–Kier alpha value is -1.95. The second-order valence-corrected chi connectivity index (χ2v) is 6.18. The van der Waals surface area contributed by atoms with Gasteiger partial charge in [0.1, 0.15) is 0 Å². The van der Waals surface area contributed by atoms with Gasteiger partial charge in [0, 0.05) is 32.4 Å². The number of nitrogens with zero attached hydrogens (tertiary/aromatic N) is 4. The van der Waals surface area contributed by atoms with Gasteiger partial charge >= 0.3 is 0 Å². The molecule has 0 aliphatic rings. The zero-order chi connectivity index (χ0) is 17.9. The number of carbonyl (C=O) groups excluding carboxylic acids is 1. The molecule has 0 N–H and O–H groups in total. The number of aromatic nitrogens is 3. The molecule has 6 nitrogen and oxygen atoms in total. The van der Waals surface area contributed by atoms with Crippen molar-refractivity contribution in [3.05, 3.63) is 23.0 Å². The SMILES string of the molecule is CCC(CC)N(CCOC)C(=O)c1cc(C)nc2c1c(C)nn2C. The van der Waals surface area contributed by atoms with Gasteiger partial charge in [-0.05, 0) is 32.8 Å². The molecule has 6 heteroatoms. The number of aryl methyl sites for hydroxylation is 3. The molecular weight excluding hydrogens is 304 g/mol. The lowest BCUT2D eigenvalue weighted by molar-refractivity contribution is 0.0591. The Kier molecular flexibility index (Phi) is 5.94. The van der Waals surface area contributed by atoms with Crippen molar-refractivity contribution >= 4 is 16.9 Å². The lowest BCUT2D eigenvalue weighted by atomic mass is 10.0. The fourth-order valence-electron chi connectivity index (χ4n) is 3.26. The Morgan fingerprint density at radius 2 is 2.00 bits per heavy atom. The highest BCUT2D eigenvalue weighted by atomic mass is 16.5. The number of amides is 1. The molecule has 132 valence electrons. The van der Waals surface area contributed by atoms with E-state index in [1.54, 1.807) is 11.8 Å². The van der Waals surface area contributed by atoms with Crippen molar-refractivity contribution in [3.8, 4) is 0 Å². The number of pyridine rings is 1. The molecular formula is C18H28N4O2. The largest absolute Gasteiger partial charge is 0.383 e. The van der Waals surface area contributed by atoms with Crippen molar-refractivity contribution in [1.29, 1.82) is 0 Å². The van der Waals surface area contributed by atoms with Gasteiger partial charge in [0.05, 0.1) is 23.3 Å². The number of carbonyl (C=O) groups is 1. The van der Waals surface area contributed by atoms with Gasteiger partial charge in [-0.2, -0.15) is 5.10 Å². The van der Waals surface area contributed by atoms with E-state index in [2.05, 4.69) is 23.9 Å². The van der Waals surface area contributed by atoms with Crippen LogP contribution in [-0.2, 0) is 11.8 Å². The molecule has 2 aromatic rings. The summed E-state index contributed by atoms with van der Waals surface area (Å²) in [6.45, 7) is 9.18. The van der Waals surface area contributed by atoms with E-state index < -0.39 is 0 Å². The standard InChI is InChI=1S/C18H28N4O2/c1-7-14(8-2)22(9-10-24-6)18(23)15-11-12(3)19-17-16(15)13(4)20-21(17)5/h11,14H,7-10H2,1-6H3. The number of methoxy groups -OCH3 is 1. The van der Waals surface area contributed by atoms with Crippen LogP contribution in [0.4, 0.5) is 0 Å². The van der Waals surface area contributed by atoms with Crippen LogP contribution < -0.4 is 0 Å². The maximum atomic E-state index is 13.3. The molecule has 0 aliphatic carbocycles. The van der Waals surface area contributed by atoms with Crippen molar-refractivity contribution in [2.45, 2.75) is 46.6 Å². The second-order valence-electron chi connectivity index (χ2n) is 6.18. The minimum Gasteiger partial charge on any atom is -0.383 e. The van der Waals surface area contributed by atoms with Gasteiger partial charge in [0.2, 0.25) is 0 Å². The molecule has 0 saturated carbocycles. The van der Waals surface area contributed by atoms with E-state index in [1.807, 2.05) is 31.9 Å². The fourth-order valence-corrected chi connectivity index (χ4v) is 3.26. The highest BCUT2D eigenvalue weighted by Crippen LogP contribution is 2.24. The predicted octanol–water partition coefficient (Wildman–Crippen LogP) is 2.86. The Morgan fingerprint density at radius 1 is 1.33 bits per heavy atom. The summed E-state index contributed by atoms with van der Waals surface area (Å²) in [5, 5.41) is 5.29. The summed E-state index contributed by atoms with van der Waals surface area (Å²) in [6.07, 6.45) is 1.84. The summed E-state index contributed by atoms with van der Waals surface area (Å²) < 4.78 is 6.96. The number of hydrogen-bond acceptors (Lipinski definition) is 4. The zero-order valence-corrected chi connectivity index (χ0v) is 15.6. The molecule has 2 aromatic heterocycles. The first-order valence-corrected chi connectivity index (χ1v) is 8.55. The van der Waals surface area contributed by atoms with E-state index >= 15 is 0 Å². The molecule has 2 rings (SSSR count). The molecule has 0 aromatic carbocycles. The van der Waals surface area contributed by atoms with E-state index in [1.165, 1.54) is 0 Å². The smallest absolute Gasteiger partial charge is 0.255 e. The summed E-state index contributed by atoms with van der Waals surface area (Å²) >= 11 is 0. The number of fused-ring (bicyclic) bond motifs is 1. The van der Waals surface area contributed by atoms with Gasteiger partial charge in [-0.25, -0.2) is 4.98 Å².